The van der Waals surface area contributed by atoms with Crippen molar-refractivity contribution in [1.82, 2.24) is 14.9 Å². The number of hydrogen-bond acceptors (Lipinski definition) is 2. The smallest absolute Gasteiger partial charge is 0.137 e. The zero-order valence-corrected chi connectivity index (χ0v) is 14.0. The lowest BCUT2D eigenvalue weighted by molar-refractivity contribution is 0.440. The van der Waals surface area contributed by atoms with E-state index >= 15 is 0 Å². The largest absolute Gasteiger partial charge is 0.325 e. The third-order valence-corrected chi connectivity index (χ3v) is 5.89. The Morgan fingerprint density at radius 2 is 2.09 bits per heavy atom. The quantitative estimate of drug-likeness (QED) is 0.849. The number of aromatic nitrogens is 2. The van der Waals surface area contributed by atoms with E-state index in [2.05, 4.69) is 22.2 Å². The van der Waals surface area contributed by atoms with Crippen LogP contribution in [0.25, 0.3) is 5.57 Å². The van der Waals surface area contributed by atoms with Crippen LogP contribution in [0.1, 0.15) is 49.2 Å². The van der Waals surface area contributed by atoms with Gasteiger partial charge in [-0.1, -0.05) is 18.2 Å². The van der Waals surface area contributed by atoms with E-state index in [4.69, 9.17) is 28.2 Å². The maximum absolute atomic E-state index is 6.54. The molecule has 1 saturated heterocycles. The number of imidazole rings is 1. The van der Waals surface area contributed by atoms with Crippen molar-refractivity contribution in [2.75, 3.05) is 13.1 Å². The minimum atomic E-state index is -0.205. The van der Waals surface area contributed by atoms with Crippen molar-refractivity contribution in [3.63, 3.8) is 0 Å². The summed E-state index contributed by atoms with van der Waals surface area (Å²) in [5.41, 5.74) is 2.43. The zero-order chi connectivity index (χ0) is 15.1. The third kappa shape index (κ3) is 2.64. The van der Waals surface area contributed by atoms with Crippen LogP contribution >= 0.6 is 23.2 Å². The van der Waals surface area contributed by atoms with Gasteiger partial charge in [0.1, 0.15) is 5.82 Å². The molecule has 3 atom stereocenters. The molecule has 3 aliphatic rings. The Balaban J connectivity index is 1.72. The Hall–Kier alpha value is -0.770. The van der Waals surface area contributed by atoms with Crippen molar-refractivity contribution in [1.29, 1.82) is 0 Å². The van der Waals surface area contributed by atoms with Gasteiger partial charge >= 0.3 is 0 Å². The molecule has 0 spiro atoms. The Morgan fingerprint density at radius 1 is 1.23 bits per heavy atom. The summed E-state index contributed by atoms with van der Waals surface area (Å²) in [6.45, 7) is 2.19. The predicted octanol–water partition coefficient (Wildman–Crippen LogP) is 3.85. The predicted molar refractivity (Wildman–Crippen MR) is 91.7 cm³/mol. The lowest BCUT2D eigenvalue weighted by Crippen LogP contribution is -2.30. The topological polar surface area (TPSA) is 29.9 Å². The normalized spacial score (nSPS) is 32.1. The Labute approximate surface area is 141 Å². The highest BCUT2D eigenvalue weighted by Crippen LogP contribution is 2.42. The minimum Gasteiger partial charge on any atom is -0.325 e. The number of hydrogen-bond donors (Lipinski definition) is 1. The van der Waals surface area contributed by atoms with Crippen LogP contribution in [0.2, 0.25) is 0 Å². The van der Waals surface area contributed by atoms with Crippen LogP contribution in [0.15, 0.2) is 24.4 Å². The number of nitrogens with zero attached hydrogens (tertiary/aromatic N) is 2. The summed E-state index contributed by atoms with van der Waals surface area (Å²) in [7, 11) is 0. The summed E-state index contributed by atoms with van der Waals surface area (Å²) >= 11 is 12.9. The van der Waals surface area contributed by atoms with Crippen LogP contribution in [0.4, 0.5) is 0 Å². The van der Waals surface area contributed by atoms with Gasteiger partial charge in [-0.15, -0.1) is 23.2 Å². The number of alkyl halides is 2. The summed E-state index contributed by atoms with van der Waals surface area (Å²) in [5.74, 6) is 1.59. The first kappa shape index (κ1) is 14.8. The molecule has 0 aromatic carbocycles. The third-order valence-electron chi connectivity index (χ3n) is 4.86. The SMILES string of the molecule is ClC1C=CC=C(c2ncc(C3CCCNC3)n2C2CC2)C1Cl. The Bertz CT molecular complexity index is 609. The van der Waals surface area contributed by atoms with Gasteiger partial charge in [0.25, 0.3) is 0 Å². The van der Waals surface area contributed by atoms with E-state index in [9.17, 15) is 0 Å². The molecular weight excluding hydrogens is 317 g/mol. The average Bonchev–Trinajstić information content (AvgIpc) is 3.30. The second-order valence-electron chi connectivity index (χ2n) is 6.50. The highest BCUT2D eigenvalue weighted by molar-refractivity contribution is 6.35. The number of piperidine rings is 1. The fourth-order valence-electron chi connectivity index (χ4n) is 3.53. The molecule has 2 heterocycles. The molecule has 0 bridgehead atoms. The minimum absolute atomic E-state index is 0.161. The molecule has 1 aromatic rings. The van der Waals surface area contributed by atoms with Gasteiger partial charge in [0.15, 0.2) is 0 Å². The maximum Gasteiger partial charge on any atom is 0.137 e. The van der Waals surface area contributed by atoms with Gasteiger partial charge in [-0.3, -0.25) is 0 Å². The summed E-state index contributed by atoms with van der Waals surface area (Å²) in [6, 6.07) is 0.596. The van der Waals surface area contributed by atoms with Gasteiger partial charge in [-0.05, 0) is 32.2 Å². The Morgan fingerprint density at radius 3 is 2.82 bits per heavy atom. The highest BCUT2D eigenvalue weighted by Gasteiger charge is 2.34. The first-order valence-electron chi connectivity index (χ1n) is 8.20. The first-order chi connectivity index (χ1) is 10.8. The second-order valence-corrected chi connectivity index (χ2v) is 7.48. The standard InChI is InChI=1S/C17H21Cl2N3/c18-14-5-1-4-13(16(14)19)17-21-10-15(22(17)12-6-7-12)11-3-2-8-20-9-11/h1,4-5,10-12,14,16,20H,2-3,6-9H2. The second kappa shape index (κ2) is 6.03. The first-order valence-corrected chi connectivity index (χ1v) is 9.07. The van der Waals surface area contributed by atoms with Crippen LogP contribution < -0.4 is 5.32 Å². The summed E-state index contributed by atoms with van der Waals surface area (Å²) in [4.78, 5) is 4.75. The lowest BCUT2D eigenvalue weighted by Gasteiger charge is -2.26. The highest BCUT2D eigenvalue weighted by atomic mass is 35.5. The van der Waals surface area contributed by atoms with E-state index in [1.54, 1.807) is 0 Å². The van der Waals surface area contributed by atoms with Crippen LogP contribution in [0.3, 0.4) is 0 Å². The number of rotatable bonds is 3. The van der Waals surface area contributed by atoms with Crippen molar-refractivity contribution in [2.45, 2.75) is 48.4 Å². The number of halogens is 2. The molecule has 1 aliphatic heterocycles. The van der Waals surface area contributed by atoms with Gasteiger partial charge in [-0.2, -0.15) is 0 Å². The summed E-state index contributed by atoms with van der Waals surface area (Å²) < 4.78 is 2.45. The van der Waals surface area contributed by atoms with Crippen molar-refractivity contribution in [3.8, 4) is 0 Å². The molecule has 4 rings (SSSR count). The van der Waals surface area contributed by atoms with Crippen molar-refractivity contribution in [3.05, 3.63) is 35.9 Å². The molecule has 1 N–H and O–H groups in total. The molecule has 0 radical (unpaired) electrons. The maximum atomic E-state index is 6.54. The van der Waals surface area contributed by atoms with Crippen LogP contribution in [0, 0.1) is 0 Å². The summed E-state index contributed by atoms with van der Waals surface area (Å²) in [5, 5.41) is 3.14. The van der Waals surface area contributed by atoms with Crippen LogP contribution in [-0.2, 0) is 0 Å². The van der Waals surface area contributed by atoms with Crippen LogP contribution in [-0.4, -0.2) is 33.4 Å². The molecule has 0 amide bonds. The molecule has 3 nitrogen and oxygen atoms in total. The zero-order valence-electron chi connectivity index (χ0n) is 12.5. The van der Waals surface area contributed by atoms with Gasteiger partial charge in [-0.25, -0.2) is 4.98 Å². The van der Waals surface area contributed by atoms with Crippen molar-refractivity contribution in [2.24, 2.45) is 0 Å². The number of allylic oxidation sites excluding steroid dienone is 4. The van der Waals surface area contributed by atoms with Gasteiger partial charge in [0, 0.05) is 36.0 Å². The lowest BCUT2D eigenvalue weighted by atomic mass is 9.96. The molecule has 1 saturated carbocycles. The molecule has 1 aromatic heterocycles. The molecule has 22 heavy (non-hydrogen) atoms. The van der Waals surface area contributed by atoms with Gasteiger partial charge in [0.05, 0.1) is 10.8 Å². The molecule has 3 unspecified atom stereocenters. The van der Waals surface area contributed by atoms with Crippen molar-refractivity contribution >= 4 is 28.8 Å². The molecule has 2 fully saturated rings. The molecule has 5 heteroatoms. The van der Waals surface area contributed by atoms with Crippen LogP contribution in [0.5, 0.6) is 0 Å². The molecular formula is C17H21Cl2N3. The summed E-state index contributed by atoms with van der Waals surface area (Å²) in [6.07, 6.45) is 13.1. The van der Waals surface area contributed by atoms with E-state index in [-0.39, 0.29) is 10.8 Å². The fourth-order valence-corrected chi connectivity index (χ4v) is 4.01. The van der Waals surface area contributed by atoms with E-state index < -0.39 is 0 Å². The fraction of sp³-hybridized carbons (Fsp3) is 0.588. The molecule has 2 aliphatic carbocycles. The van der Waals surface area contributed by atoms with Gasteiger partial charge in [0.2, 0.25) is 0 Å². The van der Waals surface area contributed by atoms with E-state index in [0.717, 1.165) is 24.5 Å². The monoisotopic (exact) mass is 337 g/mol. The number of nitrogens with one attached hydrogen (secondary N) is 1. The van der Waals surface area contributed by atoms with E-state index in [1.807, 2.05) is 12.2 Å². The van der Waals surface area contributed by atoms with E-state index in [1.165, 1.54) is 31.4 Å². The molecule has 118 valence electrons. The van der Waals surface area contributed by atoms with Gasteiger partial charge < -0.3 is 9.88 Å². The Kier molecular flexibility index (Phi) is 4.05. The van der Waals surface area contributed by atoms with E-state index in [0.29, 0.717) is 12.0 Å². The average molecular weight is 338 g/mol. The van der Waals surface area contributed by atoms with Crippen molar-refractivity contribution < 1.29 is 0 Å².